The van der Waals surface area contributed by atoms with E-state index in [0.717, 1.165) is 55.9 Å². The lowest BCUT2D eigenvalue weighted by atomic mass is 9.80. The predicted octanol–water partition coefficient (Wildman–Crippen LogP) is 2.87. The smallest absolute Gasteiger partial charge is 0.132 e. The number of aliphatic hydroxyl groups is 1. The molecule has 0 atom stereocenters. The third kappa shape index (κ3) is 3.98. The van der Waals surface area contributed by atoms with Crippen LogP contribution in [0.2, 0.25) is 0 Å². The monoisotopic (exact) mass is 344 g/mol. The Morgan fingerprint density at radius 3 is 2.52 bits per heavy atom. The molecule has 1 aliphatic heterocycles. The van der Waals surface area contributed by atoms with Crippen LogP contribution in [0.15, 0.2) is 6.07 Å². The maximum Gasteiger partial charge on any atom is 0.132 e. The normalized spacial score (nSPS) is 29.3. The molecule has 0 radical (unpaired) electrons. The van der Waals surface area contributed by atoms with Crippen LogP contribution in [0.25, 0.3) is 0 Å². The van der Waals surface area contributed by atoms with Crippen LogP contribution in [0.1, 0.15) is 68.8 Å². The summed E-state index contributed by atoms with van der Waals surface area (Å²) in [6.07, 6.45) is 9.81. The average molecular weight is 345 g/mol. The molecule has 2 heterocycles. The van der Waals surface area contributed by atoms with Gasteiger partial charge in [0.2, 0.25) is 0 Å². The SMILES string of the molecule is Cc1nc(C2CC(O)C2)cc(N2CCCN(C3CCCCC3)CC2)n1. The fourth-order valence-corrected chi connectivity index (χ4v) is 4.75. The van der Waals surface area contributed by atoms with Crippen LogP contribution in [0.4, 0.5) is 5.82 Å². The summed E-state index contributed by atoms with van der Waals surface area (Å²) in [5.41, 5.74) is 1.13. The van der Waals surface area contributed by atoms with E-state index in [1.165, 1.54) is 45.1 Å². The highest BCUT2D eigenvalue weighted by Crippen LogP contribution is 2.36. The molecular formula is C20H32N4O. The fourth-order valence-electron chi connectivity index (χ4n) is 4.75. The molecule has 0 spiro atoms. The summed E-state index contributed by atoms with van der Waals surface area (Å²) in [5, 5.41) is 9.60. The van der Waals surface area contributed by atoms with Gasteiger partial charge in [0.1, 0.15) is 11.6 Å². The number of hydrogen-bond donors (Lipinski definition) is 1. The van der Waals surface area contributed by atoms with Gasteiger partial charge in [-0.2, -0.15) is 0 Å². The summed E-state index contributed by atoms with van der Waals surface area (Å²) >= 11 is 0. The summed E-state index contributed by atoms with van der Waals surface area (Å²) in [4.78, 5) is 14.6. The van der Waals surface area contributed by atoms with Crippen molar-refractivity contribution in [1.82, 2.24) is 14.9 Å². The van der Waals surface area contributed by atoms with Crippen LogP contribution in [-0.2, 0) is 0 Å². The molecule has 0 bridgehead atoms. The largest absolute Gasteiger partial charge is 0.393 e. The van der Waals surface area contributed by atoms with Gasteiger partial charge in [-0.25, -0.2) is 9.97 Å². The minimum absolute atomic E-state index is 0.133. The first kappa shape index (κ1) is 17.2. The van der Waals surface area contributed by atoms with Gasteiger partial charge in [-0.05, 0) is 39.0 Å². The first-order valence-electron chi connectivity index (χ1n) is 10.2. The van der Waals surface area contributed by atoms with E-state index in [2.05, 4.69) is 20.9 Å². The number of aryl methyl sites for hydroxylation is 1. The Bertz CT molecular complexity index is 581. The van der Waals surface area contributed by atoms with Gasteiger partial charge in [0, 0.05) is 49.9 Å². The molecule has 0 amide bonds. The van der Waals surface area contributed by atoms with Gasteiger partial charge in [0.15, 0.2) is 0 Å². The quantitative estimate of drug-likeness (QED) is 0.914. The lowest BCUT2D eigenvalue weighted by molar-refractivity contribution is 0.0731. The van der Waals surface area contributed by atoms with E-state index in [0.29, 0.717) is 5.92 Å². The zero-order valence-electron chi connectivity index (χ0n) is 15.5. The van der Waals surface area contributed by atoms with Crippen molar-refractivity contribution in [2.75, 3.05) is 31.1 Å². The highest BCUT2D eigenvalue weighted by atomic mass is 16.3. The number of anilines is 1. The number of aromatic nitrogens is 2. The van der Waals surface area contributed by atoms with E-state index in [-0.39, 0.29) is 6.10 Å². The maximum atomic E-state index is 9.60. The van der Waals surface area contributed by atoms with Gasteiger partial charge in [-0.15, -0.1) is 0 Å². The van der Waals surface area contributed by atoms with Crippen LogP contribution in [0.5, 0.6) is 0 Å². The van der Waals surface area contributed by atoms with Crippen molar-refractivity contribution < 1.29 is 5.11 Å². The number of hydrogen-bond acceptors (Lipinski definition) is 5. The van der Waals surface area contributed by atoms with Crippen LogP contribution < -0.4 is 4.90 Å². The molecule has 2 aliphatic carbocycles. The molecule has 2 saturated carbocycles. The summed E-state index contributed by atoms with van der Waals surface area (Å²) in [6.45, 7) is 6.54. The molecule has 0 unspecified atom stereocenters. The van der Waals surface area contributed by atoms with Crippen LogP contribution >= 0.6 is 0 Å². The van der Waals surface area contributed by atoms with Crippen molar-refractivity contribution in [1.29, 1.82) is 0 Å². The summed E-state index contributed by atoms with van der Waals surface area (Å²) in [6, 6.07) is 2.99. The maximum absolute atomic E-state index is 9.60. The molecule has 1 saturated heterocycles. The summed E-state index contributed by atoms with van der Waals surface area (Å²) in [5.74, 6) is 2.37. The van der Waals surface area contributed by atoms with E-state index in [1.807, 2.05) is 6.92 Å². The van der Waals surface area contributed by atoms with Crippen molar-refractivity contribution >= 4 is 5.82 Å². The standard InChI is InChI=1S/C20H32N4O/c1-15-21-19(16-12-18(25)13-16)14-20(22-15)24-9-5-8-23(10-11-24)17-6-3-2-4-7-17/h14,16-18,25H,2-13H2,1H3. The minimum Gasteiger partial charge on any atom is -0.393 e. The molecular weight excluding hydrogens is 312 g/mol. The molecule has 3 aliphatic rings. The lowest BCUT2D eigenvalue weighted by Gasteiger charge is -2.33. The van der Waals surface area contributed by atoms with E-state index >= 15 is 0 Å². The number of aliphatic hydroxyl groups excluding tert-OH is 1. The molecule has 3 fully saturated rings. The highest BCUT2D eigenvalue weighted by molar-refractivity contribution is 5.41. The third-order valence-corrected chi connectivity index (χ3v) is 6.32. The molecule has 5 heteroatoms. The average Bonchev–Trinajstić information content (AvgIpc) is 2.85. The van der Waals surface area contributed by atoms with Crippen molar-refractivity contribution in [2.24, 2.45) is 0 Å². The Balaban J connectivity index is 1.43. The van der Waals surface area contributed by atoms with Crippen molar-refractivity contribution in [2.45, 2.75) is 76.4 Å². The molecule has 1 N–H and O–H groups in total. The first-order chi connectivity index (χ1) is 12.2. The van der Waals surface area contributed by atoms with Gasteiger partial charge in [-0.3, -0.25) is 4.90 Å². The second-order valence-corrected chi connectivity index (χ2v) is 8.19. The van der Waals surface area contributed by atoms with E-state index in [1.54, 1.807) is 0 Å². The highest BCUT2D eigenvalue weighted by Gasteiger charge is 2.31. The van der Waals surface area contributed by atoms with Gasteiger partial charge in [0.05, 0.1) is 6.10 Å². The van der Waals surface area contributed by atoms with Gasteiger partial charge in [0.25, 0.3) is 0 Å². The number of nitrogens with zero attached hydrogens (tertiary/aromatic N) is 4. The first-order valence-corrected chi connectivity index (χ1v) is 10.2. The zero-order valence-corrected chi connectivity index (χ0v) is 15.5. The van der Waals surface area contributed by atoms with Gasteiger partial charge < -0.3 is 10.0 Å². The summed E-state index contributed by atoms with van der Waals surface area (Å²) < 4.78 is 0. The van der Waals surface area contributed by atoms with E-state index in [9.17, 15) is 5.11 Å². The Hall–Kier alpha value is -1.20. The molecule has 138 valence electrons. The Morgan fingerprint density at radius 2 is 1.76 bits per heavy atom. The zero-order chi connectivity index (χ0) is 17.2. The van der Waals surface area contributed by atoms with Gasteiger partial charge >= 0.3 is 0 Å². The van der Waals surface area contributed by atoms with Gasteiger partial charge in [-0.1, -0.05) is 19.3 Å². The van der Waals surface area contributed by atoms with Crippen LogP contribution in [0.3, 0.4) is 0 Å². The lowest BCUT2D eigenvalue weighted by Crippen LogP contribution is -2.39. The van der Waals surface area contributed by atoms with Crippen molar-refractivity contribution in [3.8, 4) is 0 Å². The predicted molar refractivity (Wildman–Crippen MR) is 100 cm³/mol. The Morgan fingerprint density at radius 1 is 0.960 bits per heavy atom. The van der Waals surface area contributed by atoms with Crippen molar-refractivity contribution in [3.05, 3.63) is 17.6 Å². The van der Waals surface area contributed by atoms with E-state index in [4.69, 9.17) is 4.98 Å². The van der Waals surface area contributed by atoms with Crippen LogP contribution in [0, 0.1) is 6.92 Å². The Labute approximate surface area is 151 Å². The molecule has 4 rings (SSSR count). The van der Waals surface area contributed by atoms with Crippen LogP contribution in [-0.4, -0.2) is 58.3 Å². The second-order valence-electron chi connectivity index (χ2n) is 8.19. The fraction of sp³-hybridized carbons (Fsp3) is 0.800. The molecule has 0 aromatic carbocycles. The van der Waals surface area contributed by atoms with Crippen molar-refractivity contribution in [3.63, 3.8) is 0 Å². The number of rotatable bonds is 3. The molecule has 1 aromatic heterocycles. The van der Waals surface area contributed by atoms with E-state index < -0.39 is 0 Å². The summed E-state index contributed by atoms with van der Waals surface area (Å²) in [7, 11) is 0. The topological polar surface area (TPSA) is 52.5 Å². The molecule has 5 nitrogen and oxygen atoms in total. The molecule has 25 heavy (non-hydrogen) atoms. The molecule has 1 aromatic rings. The second kappa shape index (κ2) is 7.58. The Kier molecular flexibility index (Phi) is 5.23. The minimum atomic E-state index is -0.133. The third-order valence-electron chi connectivity index (χ3n) is 6.32.